The Hall–Kier alpha value is -2.68. The molecule has 2 aliphatic heterocycles. The Balaban J connectivity index is 1.33. The van der Waals surface area contributed by atoms with Crippen molar-refractivity contribution in [1.82, 2.24) is 10.2 Å². The number of benzene rings is 1. The van der Waals surface area contributed by atoms with E-state index in [1.165, 1.54) is 0 Å². The number of carbonyl (C=O) groups is 2. The van der Waals surface area contributed by atoms with E-state index >= 15 is 0 Å². The Bertz CT molecular complexity index is 732. The molecule has 2 heterocycles. The molecule has 142 valence electrons. The quantitative estimate of drug-likeness (QED) is 0.682. The van der Waals surface area contributed by atoms with Gasteiger partial charge in [0.05, 0.1) is 6.42 Å². The van der Waals surface area contributed by atoms with Gasteiger partial charge in [0.25, 0.3) is 0 Å². The van der Waals surface area contributed by atoms with Crippen molar-refractivity contribution >= 4 is 11.8 Å². The highest BCUT2D eigenvalue weighted by molar-refractivity contribution is 5.79. The minimum atomic E-state index is -0.405. The number of nitrogens with one attached hydrogen (secondary N) is 1. The molecule has 1 aromatic rings. The number of terminal acetylenes is 1. The molecular weight excluding hydrogens is 340 g/mol. The summed E-state index contributed by atoms with van der Waals surface area (Å²) in [5.41, 5.74) is 0.631. The summed E-state index contributed by atoms with van der Waals surface area (Å²) in [6.07, 6.45) is 9.01. The second-order valence-electron chi connectivity index (χ2n) is 7.35. The van der Waals surface area contributed by atoms with Crippen LogP contribution in [0.1, 0.15) is 37.7 Å². The molecule has 0 bridgehead atoms. The SMILES string of the molecule is C#CCCC1(CCC(=O)NCC2CCN(C(=O)Cc3ccccc3)C2)N=N1. The second kappa shape index (κ2) is 8.81. The van der Waals surface area contributed by atoms with Gasteiger partial charge < -0.3 is 10.2 Å². The molecule has 1 N–H and O–H groups in total. The van der Waals surface area contributed by atoms with Crippen LogP contribution in [0.2, 0.25) is 0 Å². The summed E-state index contributed by atoms with van der Waals surface area (Å²) < 4.78 is 0. The van der Waals surface area contributed by atoms with Crippen molar-refractivity contribution in [2.75, 3.05) is 19.6 Å². The third kappa shape index (κ3) is 5.65. The minimum absolute atomic E-state index is 0.0152. The van der Waals surface area contributed by atoms with Gasteiger partial charge in [-0.2, -0.15) is 10.2 Å². The smallest absolute Gasteiger partial charge is 0.226 e. The first-order valence-corrected chi connectivity index (χ1v) is 9.56. The van der Waals surface area contributed by atoms with Crippen molar-refractivity contribution in [3.05, 3.63) is 35.9 Å². The normalized spacial score (nSPS) is 19.5. The summed E-state index contributed by atoms with van der Waals surface area (Å²) in [7, 11) is 0. The van der Waals surface area contributed by atoms with Crippen LogP contribution in [0, 0.1) is 18.3 Å². The van der Waals surface area contributed by atoms with Crippen molar-refractivity contribution in [2.45, 2.75) is 44.2 Å². The lowest BCUT2D eigenvalue weighted by Crippen LogP contribution is -2.34. The summed E-state index contributed by atoms with van der Waals surface area (Å²) in [4.78, 5) is 26.4. The second-order valence-corrected chi connectivity index (χ2v) is 7.35. The largest absolute Gasteiger partial charge is 0.356 e. The summed E-state index contributed by atoms with van der Waals surface area (Å²) in [5.74, 6) is 3.08. The third-order valence-corrected chi connectivity index (χ3v) is 5.23. The number of carbonyl (C=O) groups excluding carboxylic acids is 2. The van der Waals surface area contributed by atoms with Crippen molar-refractivity contribution < 1.29 is 9.59 Å². The average molecular weight is 366 g/mol. The fourth-order valence-electron chi connectivity index (χ4n) is 3.44. The van der Waals surface area contributed by atoms with Gasteiger partial charge >= 0.3 is 0 Å². The van der Waals surface area contributed by atoms with Crippen molar-refractivity contribution in [1.29, 1.82) is 0 Å². The van der Waals surface area contributed by atoms with E-state index in [1.54, 1.807) is 0 Å². The van der Waals surface area contributed by atoms with E-state index in [4.69, 9.17) is 6.42 Å². The van der Waals surface area contributed by atoms with Crippen LogP contribution in [-0.4, -0.2) is 42.0 Å². The highest BCUT2D eigenvalue weighted by Crippen LogP contribution is 2.37. The maximum absolute atomic E-state index is 12.4. The van der Waals surface area contributed by atoms with Gasteiger partial charge in [-0.3, -0.25) is 9.59 Å². The summed E-state index contributed by atoms with van der Waals surface area (Å²) in [6.45, 7) is 2.08. The first kappa shape index (κ1) is 19.1. The van der Waals surface area contributed by atoms with Crippen molar-refractivity contribution in [3.63, 3.8) is 0 Å². The molecule has 1 fully saturated rings. The zero-order valence-corrected chi connectivity index (χ0v) is 15.6. The Morgan fingerprint density at radius 1 is 1.26 bits per heavy atom. The van der Waals surface area contributed by atoms with Crippen LogP contribution in [0.4, 0.5) is 0 Å². The van der Waals surface area contributed by atoms with E-state index in [1.807, 2.05) is 35.2 Å². The maximum Gasteiger partial charge on any atom is 0.226 e. The highest BCUT2D eigenvalue weighted by Gasteiger charge is 2.39. The summed E-state index contributed by atoms with van der Waals surface area (Å²) in [5, 5.41) is 11.1. The monoisotopic (exact) mass is 366 g/mol. The topological polar surface area (TPSA) is 74.1 Å². The van der Waals surface area contributed by atoms with E-state index in [2.05, 4.69) is 21.5 Å². The number of nitrogens with zero attached hydrogens (tertiary/aromatic N) is 3. The third-order valence-electron chi connectivity index (χ3n) is 5.23. The number of rotatable bonds is 9. The zero-order valence-electron chi connectivity index (χ0n) is 15.6. The van der Waals surface area contributed by atoms with Crippen LogP contribution in [0.15, 0.2) is 40.6 Å². The van der Waals surface area contributed by atoms with Gasteiger partial charge in [-0.1, -0.05) is 30.3 Å². The number of likely N-dealkylation sites (tertiary alicyclic amines) is 1. The van der Waals surface area contributed by atoms with Crippen molar-refractivity contribution in [2.24, 2.45) is 16.1 Å². The summed E-state index contributed by atoms with van der Waals surface area (Å²) >= 11 is 0. The molecule has 0 spiro atoms. The van der Waals surface area contributed by atoms with Crippen LogP contribution in [0.25, 0.3) is 0 Å². The lowest BCUT2D eigenvalue weighted by atomic mass is 10.0. The van der Waals surface area contributed by atoms with Crippen LogP contribution in [0.3, 0.4) is 0 Å². The predicted octanol–water partition coefficient (Wildman–Crippen LogP) is 2.55. The van der Waals surface area contributed by atoms with Gasteiger partial charge in [-0.15, -0.1) is 12.3 Å². The van der Waals surface area contributed by atoms with Gasteiger partial charge in [0.2, 0.25) is 11.8 Å². The Labute approximate surface area is 160 Å². The fourth-order valence-corrected chi connectivity index (χ4v) is 3.44. The molecule has 1 unspecified atom stereocenters. The average Bonchev–Trinajstić information content (AvgIpc) is 3.29. The molecule has 1 saturated heterocycles. The number of hydrogen-bond acceptors (Lipinski definition) is 4. The molecule has 0 aliphatic carbocycles. The molecule has 2 aliphatic rings. The molecule has 3 rings (SSSR count). The van der Waals surface area contributed by atoms with Crippen LogP contribution >= 0.6 is 0 Å². The lowest BCUT2D eigenvalue weighted by molar-refractivity contribution is -0.129. The molecule has 6 heteroatoms. The highest BCUT2D eigenvalue weighted by atomic mass is 16.2. The minimum Gasteiger partial charge on any atom is -0.356 e. The van der Waals surface area contributed by atoms with Crippen molar-refractivity contribution in [3.8, 4) is 12.3 Å². The summed E-state index contributed by atoms with van der Waals surface area (Å²) in [6, 6.07) is 9.79. The molecule has 27 heavy (non-hydrogen) atoms. The molecule has 0 radical (unpaired) electrons. The number of amides is 2. The molecule has 2 amide bonds. The number of hydrogen-bond donors (Lipinski definition) is 1. The molecule has 0 aromatic heterocycles. The van der Waals surface area contributed by atoms with Crippen LogP contribution in [0.5, 0.6) is 0 Å². The zero-order chi connectivity index (χ0) is 19.1. The Morgan fingerprint density at radius 3 is 2.74 bits per heavy atom. The predicted molar refractivity (Wildman–Crippen MR) is 103 cm³/mol. The van der Waals surface area contributed by atoms with Crippen LogP contribution in [-0.2, 0) is 16.0 Å². The first-order valence-electron chi connectivity index (χ1n) is 9.56. The lowest BCUT2D eigenvalue weighted by Gasteiger charge is -2.17. The maximum atomic E-state index is 12.4. The molecule has 1 atom stereocenters. The molecule has 6 nitrogen and oxygen atoms in total. The van der Waals surface area contributed by atoms with E-state index < -0.39 is 5.66 Å². The van der Waals surface area contributed by atoms with Gasteiger partial charge in [0.15, 0.2) is 5.66 Å². The van der Waals surface area contributed by atoms with Gasteiger partial charge in [0, 0.05) is 45.3 Å². The Morgan fingerprint density at radius 2 is 2.04 bits per heavy atom. The van der Waals surface area contributed by atoms with E-state index in [0.29, 0.717) is 44.7 Å². The van der Waals surface area contributed by atoms with Crippen LogP contribution < -0.4 is 5.32 Å². The molecule has 1 aromatic carbocycles. The van der Waals surface area contributed by atoms with Gasteiger partial charge in [-0.05, 0) is 17.9 Å². The van der Waals surface area contributed by atoms with E-state index in [0.717, 1.165) is 24.9 Å². The Kier molecular flexibility index (Phi) is 6.23. The van der Waals surface area contributed by atoms with Gasteiger partial charge in [0.1, 0.15) is 0 Å². The molecular formula is C21H26N4O2. The fraction of sp³-hybridized carbons (Fsp3) is 0.524. The van der Waals surface area contributed by atoms with E-state index in [-0.39, 0.29) is 11.8 Å². The van der Waals surface area contributed by atoms with E-state index in [9.17, 15) is 9.59 Å². The van der Waals surface area contributed by atoms with Gasteiger partial charge in [-0.25, -0.2) is 0 Å². The standard InChI is InChI=1S/C21H26N4O2/c1-2-3-11-21(23-24-21)12-9-19(26)22-15-18-10-13-25(16-18)20(27)14-17-7-5-4-6-8-17/h1,4-8,18H,3,9-16H2,(H,22,26). The first-order chi connectivity index (χ1) is 13.1. The molecule has 0 saturated carbocycles.